The Balaban J connectivity index is 2.08. The molecule has 2 fully saturated rings. The van der Waals surface area contributed by atoms with Crippen LogP contribution in [0.2, 0.25) is 0 Å². The maximum Gasteiger partial charge on any atom is 0.306 e. The first kappa shape index (κ1) is 16.3. The van der Waals surface area contributed by atoms with Crippen LogP contribution in [0.15, 0.2) is 0 Å². The standard InChI is InChI=1S/C16H27NO4/c1-3-7-16(11-21-2)8-4-9-17(16)14(18)12-5-6-13(10-12)15(19)20/h12-13H,3-11H2,1-2H3,(H,19,20)/t12-,13+,16?/m1/s1. The SMILES string of the molecule is CCCC1(COC)CCCN1C(=O)[C@@H]1CC[C@H](C(=O)O)C1. The third kappa shape index (κ3) is 3.23. The molecule has 21 heavy (non-hydrogen) atoms. The molecule has 0 spiro atoms. The van der Waals surface area contributed by atoms with Crippen molar-refractivity contribution in [3.05, 3.63) is 0 Å². The van der Waals surface area contributed by atoms with E-state index in [1.54, 1.807) is 7.11 Å². The van der Waals surface area contributed by atoms with Crippen molar-refractivity contribution in [2.45, 2.75) is 57.4 Å². The highest BCUT2D eigenvalue weighted by atomic mass is 16.5. The van der Waals surface area contributed by atoms with E-state index >= 15 is 0 Å². The van der Waals surface area contributed by atoms with Crippen molar-refractivity contribution >= 4 is 11.9 Å². The largest absolute Gasteiger partial charge is 0.481 e. The fraction of sp³-hybridized carbons (Fsp3) is 0.875. The number of amides is 1. The van der Waals surface area contributed by atoms with Crippen molar-refractivity contribution in [3.63, 3.8) is 0 Å². The van der Waals surface area contributed by atoms with Gasteiger partial charge in [-0.3, -0.25) is 9.59 Å². The number of hydrogen-bond acceptors (Lipinski definition) is 3. The summed E-state index contributed by atoms with van der Waals surface area (Å²) in [5.41, 5.74) is -0.165. The minimum absolute atomic E-state index is 0.114. The van der Waals surface area contributed by atoms with Gasteiger partial charge in [-0.2, -0.15) is 0 Å². The predicted molar refractivity (Wildman–Crippen MR) is 78.9 cm³/mol. The van der Waals surface area contributed by atoms with Gasteiger partial charge in [-0.1, -0.05) is 13.3 Å². The van der Waals surface area contributed by atoms with E-state index in [0.717, 1.165) is 32.2 Å². The number of methoxy groups -OCH3 is 1. The van der Waals surface area contributed by atoms with Crippen molar-refractivity contribution in [1.82, 2.24) is 4.90 Å². The second-order valence-electron chi connectivity index (χ2n) is 6.55. The number of carbonyl (C=O) groups is 2. The summed E-state index contributed by atoms with van der Waals surface area (Å²) in [7, 11) is 1.69. The maximum absolute atomic E-state index is 12.9. The minimum atomic E-state index is -0.761. The van der Waals surface area contributed by atoms with Crippen LogP contribution in [0, 0.1) is 11.8 Å². The van der Waals surface area contributed by atoms with E-state index in [-0.39, 0.29) is 23.3 Å². The van der Waals surface area contributed by atoms with Gasteiger partial charge in [0.1, 0.15) is 0 Å². The van der Waals surface area contributed by atoms with Gasteiger partial charge < -0.3 is 14.7 Å². The molecule has 0 aromatic heterocycles. The molecule has 1 aliphatic carbocycles. The van der Waals surface area contributed by atoms with E-state index in [0.29, 0.717) is 25.9 Å². The fourth-order valence-electron chi connectivity index (χ4n) is 4.15. The molecule has 1 aliphatic heterocycles. The van der Waals surface area contributed by atoms with E-state index in [2.05, 4.69) is 6.92 Å². The smallest absolute Gasteiger partial charge is 0.306 e. The Morgan fingerprint density at radius 2 is 2.05 bits per heavy atom. The molecule has 1 amide bonds. The van der Waals surface area contributed by atoms with E-state index in [1.165, 1.54) is 0 Å². The lowest BCUT2D eigenvalue weighted by atomic mass is 9.90. The summed E-state index contributed by atoms with van der Waals surface area (Å²) in [6, 6.07) is 0. The third-order valence-corrected chi connectivity index (χ3v) is 5.12. The quantitative estimate of drug-likeness (QED) is 0.817. The first-order chi connectivity index (χ1) is 10.0. The highest BCUT2D eigenvalue weighted by Crippen LogP contribution is 2.39. The molecule has 0 radical (unpaired) electrons. The van der Waals surface area contributed by atoms with Gasteiger partial charge in [0.15, 0.2) is 0 Å². The fourth-order valence-corrected chi connectivity index (χ4v) is 4.15. The lowest BCUT2D eigenvalue weighted by Gasteiger charge is -2.39. The number of nitrogens with zero attached hydrogens (tertiary/aromatic N) is 1. The molecule has 5 heteroatoms. The molecular weight excluding hydrogens is 270 g/mol. The van der Waals surface area contributed by atoms with Gasteiger partial charge in [-0.25, -0.2) is 0 Å². The Bertz CT molecular complexity index is 390. The molecule has 5 nitrogen and oxygen atoms in total. The third-order valence-electron chi connectivity index (χ3n) is 5.12. The van der Waals surface area contributed by atoms with Crippen molar-refractivity contribution < 1.29 is 19.4 Å². The summed E-state index contributed by atoms with van der Waals surface area (Å²) in [5.74, 6) is -1.06. The average molecular weight is 297 g/mol. The zero-order chi connectivity index (χ0) is 15.5. The molecule has 0 bridgehead atoms. The van der Waals surface area contributed by atoms with Gasteiger partial charge in [-0.05, 0) is 38.5 Å². The number of carboxylic acid groups (broad SMARTS) is 1. The minimum Gasteiger partial charge on any atom is -0.481 e. The Labute approximate surface area is 126 Å². The maximum atomic E-state index is 12.9. The molecule has 1 N–H and O–H groups in total. The highest BCUT2D eigenvalue weighted by Gasteiger charge is 2.46. The second-order valence-corrected chi connectivity index (χ2v) is 6.55. The summed E-state index contributed by atoms with van der Waals surface area (Å²) in [5, 5.41) is 9.10. The van der Waals surface area contributed by atoms with Crippen LogP contribution in [0.3, 0.4) is 0 Å². The monoisotopic (exact) mass is 297 g/mol. The normalized spacial score (nSPS) is 32.6. The zero-order valence-electron chi connectivity index (χ0n) is 13.1. The average Bonchev–Trinajstić information content (AvgIpc) is 3.06. The van der Waals surface area contributed by atoms with E-state index < -0.39 is 5.97 Å². The summed E-state index contributed by atoms with van der Waals surface area (Å²) < 4.78 is 5.40. The van der Waals surface area contributed by atoms with Crippen LogP contribution in [-0.2, 0) is 14.3 Å². The van der Waals surface area contributed by atoms with Crippen LogP contribution in [0.5, 0.6) is 0 Å². The van der Waals surface area contributed by atoms with Crippen LogP contribution in [0.1, 0.15) is 51.9 Å². The Morgan fingerprint density at radius 3 is 2.62 bits per heavy atom. The van der Waals surface area contributed by atoms with Gasteiger partial charge in [0.25, 0.3) is 0 Å². The van der Waals surface area contributed by atoms with Gasteiger partial charge in [0.2, 0.25) is 5.91 Å². The summed E-state index contributed by atoms with van der Waals surface area (Å²) >= 11 is 0. The summed E-state index contributed by atoms with van der Waals surface area (Å²) in [6.07, 6.45) is 5.84. The number of hydrogen-bond donors (Lipinski definition) is 1. The summed E-state index contributed by atoms with van der Waals surface area (Å²) in [6.45, 7) is 3.51. The lowest BCUT2D eigenvalue weighted by Crippen LogP contribution is -2.52. The zero-order valence-corrected chi connectivity index (χ0v) is 13.1. The van der Waals surface area contributed by atoms with Gasteiger partial charge in [-0.15, -0.1) is 0 Å². The van der Waals surface area contributed by atoms with Crippen molar-refractivity contribution in [1.29, 1.82) is 0 Å². The molecule has 3 atom stereocenters. The van der Waals surface area contributed by atoms with Crippen LogP contribution < -0.4 is 0 Å². The van der Waals surface area contributed by atoms with E-state index in [4.69, 9.17) is 9.84 Å². The number of carbonyl (C=O) groups excluding carboxylic acids is 1. The van der Waals surface area contributed by atoms with Gasteiger partial charge in [0, 0.05) is 19.6 Å². The second kappa shape index (κ2) is 6.77. The number of carboxylic acids is 1. The molecule has 120 valence electrons. The van der Waals surface area contributed by atoms with Crippen LogP contribution in [-0.4, -0.2) is 47.7 Å². The number of ether oxygens (including phenoxy) is 1. The topological polar surface area (TPSA) is 66.8 Å². The number of likely N-dealkylation sites (tertiary alicyclic amines) is 1. The molecule has 2 aliphatic rings. The van der Waals surface area contributed by atoms with Crippen LogP contribution >= 0.6 is 0 Å². The Kier molecular flexibility index (Phi) is 5.25. The predicted octanol–water partition coefficient (Wildman–Crippen LogP) is 2.29. The van der Waals surface area contributed by atoms with Gasteiger partial charge >= 0.3 is 5.97 Å². The molecule has 0 aromatic carbocycles. The Hall–Kier alpha value is -1.10. The van der Waals surface area contributed by atoms with Crippen molar-refractivity contribution in [2.24, 2.45) is 11.8 Å². The van der Waals surface area contributed by atoms with Crippen LogP contribution in [0.4, 0.5) is 0 Å². The van der Waals surface area contributed by atoms with Crippen molar-refractivity contribution in [2.75, 3.05) is 20.3 Å². The molecule has 1 heterocycles. The van der Waals surface area contributed by atoms with E-state index in [9.17, 15) is 9.59 Å². The lowest BCUT2D eigenvalue weighted by molar-refractivity contribution is -0.143. The molecule has 2 rings (SSSR count). The molecule has 1 unspecified atom stereocenters. The number of aliphatic carboxylic acids is 1. The molecule has 1 saturated heterocycles. The molecule has 0 aromatic rings. The van der Waals surface area contributed by atoms with Crippen LogP contribution in [0.25, 0.3) is 0 Å². The first-order valence-electron chi connectivity index (χ1n) is 8.07. The first-order valence-corrected chi connectivity index (χ1v) is 8.07. The Morgan fingerprint density at radius 1 is 1.33 bits per heavy atom. The molecule has 1 saturated carbocycles. The molecular formula is C16H27NO4. The highest BCUT2D eigenvalue weighted by molar-refractivity contribution is 5.82. The summed E-state index contributed by atoms with van der Waals surface area (Å²) in [4.78, 5) is 25.9. The van der Waals surface area contributed by atoms with E-state index in [1.807, 2.05) is 4.90 Å². The number of rotatable bonds is 6. The van der Waals surface area contributed by atoms with Crippen molar-refractivity contribution in [3.8, 4) is 0 Å². The van der Waals surface area contributed by atoms with Gasteiger partial charge in [0.05, 0.1) is 18.1 Å².